The molecule has 0 fully saturated rings. The third kappa shape index (κ3) is 1.92. The first-order valence-corrected chi connectivity index (χ1v) is 5.15. The van der Waals surface area contributed by atoms with E-state index >= 15 is 0 Å². The summed E-state index contributed by atoms with van der Waals surface area (Å²) in [6.45, 7) is 0.694. The minimum atomic E-state index is 0.694. The highest BCUT2D eigenvalue weighted by Crippen LogP contribution is 2.23. The first-order chi connectivity index (χ1) is 7.33. The van der Waals surface area contributed by atoms with Crippen molar-refractivity contribution >= 4 is 16.6 Å². The molecule has 1 aromatic heterocycles. The second-order valence-corrected chi connectivity index (χ2v) is 3.61. The average Bonchev–Trinajstić information content (AvgIpc) is 2.29. The number of nitrogen functional groups attached to an aromatic ring is 1. The smallest absolute Gasteiger partial charge is 0.0933 e. The first kappa shape index (κ1) is 9.93. The van der Waals surface area contributed by atoms with Gasteiger partial charge in [0.2, 0.25) is 0 Å². The summed E-state index contributed by atoms with van der Waals surface area (Å²) in [6, 6.07) is 8.06. The zero-order valence-electron chi connectivity index (χ0n) is 8.61. The lowest BCUT2D eigenvalue weighted by Gasteiger charge is -2.07. The number of rotatable bonds is 3. The molecule has 3 nitrogen and oxygen atoms in total. The standard InChI is InChI=1S/C12H15N3/c13-7-1-3-9-5-6-10-4-2-8-15-12(10)11(9)14/h2,4-6,8H,1,3,7,13-14H2. The van der Waals surface area contributed by atoms with Crippen LogP contribution in [0.3, 0.4) is 0 Å². The second-order valence-electron chi connectivity index (χ2n) is 3.61. The average molecular weight is 201 g/mol. The van der Waals surface area contributed by atoms with Crippen LogP contribution >= 0.6 is 0 Å². The number of nitrogens with zero attached hydrogens (tertiary/aromatic N) is 1. The predicted molar refractivity (Wildman–Crippen MR) is 63.5 cm³/mol. The van der Waals surface area contributed by atoms with E-state index in [4.69, 9.17) is 11.5 Å². The van der Waals surface area contributed by atoms with Crippen molar-refractivity contribution in [1.29, 1.82) is 0 Å². The van der Waals surface area contributed by atoms with Crippen LogP contribution in [-0.4, -0.2) is 11.5 Å². The van der Waals surface area contributed by atoms with Crippen molar-refractivity contribution in [2.45, 2.75) is 12.8 Å². The van der Waals surface area contributed by atoms with Crippen molar-refractivity contribution in [3.63, 3.8) is 0 Å². The van der Waals surface area contributed by atoms with Crippen LogP contribution in [0.15, 0.2) is 30.5 Å². The molecule has 0 radical (unpaired) electrons. The van der Waals surface area contributed by atoms with Crippen molar-refractivity contribution in [3.05, 3.63) is 36.0 Å². The molecule has 0 atom stereocenters. The number of aromatic nitrogens is 1. The van der Waals surface area contributed by atoms with Gasteiger partial charge in [0, 0.05) is 11.6 Å². The summed E-state index contributed by atoms with van der Waals surface area (Å²) in [5, 5.41) is 1.09. The van der Waals surface area contributed by atoms with Crippen LogP contribution in [0.1, 0.15) is 12.0 Å². The van der Waals surface area contributed by atoms with Gasteiger partial charge in [0.05, 0.1) is 11.2 Å². The van der Waals surface area contributed by atoms with Crippen molar-refractivity contribution in [3.8, 4) is 0 Å². The molecule has 0 aliphatic rings. The van der Waals surface area contributed by atoms with Crippen molar-refractivity contribution in [2.24, 2.45) is 5.73 Å². The largest absolute Gasteiger partial charge is 0.397 e. The number of nitrogens with two attached hydrogens (primary N) is 2. The van der Waals surface area contributed by atoms with Crippen molar-refractivity contribution in [2.75, 3.05) is 12.3 Å². The Balaban J connectivity index is 2.45. The maximum Gasteiger partial charge on any atom is 0.0933 e. The summed E-state index contributed by atoms with van der Waals surface area (Å²) >= 11 is 0. The predicted octanol–water partition coefficient (Wildman–Crippen LogP) is 1.71. The zero-order valence-corrected chi connectivity index (χ0v) is 8.61. The van der Waals surface area contributed by atoms with Crippen LogP contribution in [0, 0.1) is 0 Å². The van der Waals surface area contributed by atoms with E-state index in [1.807, 2.05) is 12.1 Å². The lowest BCUT2D eigenvalue weighted by Crippen LogP contribution is -2.03. The zero-order chi connectivity index (χ0) is 10.7. The van der Waals surface area contributed by atoms with Gasteiger partial charge in [-0.3, -0.25) is 4.98 Å². The summed E-state index contributed by atoms with van der Waals surface area (Å²) < 4.78 is 0. The number of fused-ring (bicyclic) bond motifs is 1. The summed E-state index contributed by atoms with van der Waals surface area (Å²) in [5.74, 6) is 0. The molecular formula is C12H15N3. The minimum absolute atomic E-state index is 0.694. The van der Waals surface area contributed by atoms with Gasteiger partial charge in [-0.2, -0.15) is 0 Å². The Kier molecular flexibility index (Phi) is 2.83. The van der Waals surface area contributed by atoms with Gasteiger partial charge in [-0.25, -0.2) is 0 Å². The Labute approximate surface area is 89.1 Å². The van der Waals surface area contributed by atoms with Gasteiger partial charge < -0.3 is 11.5 Å². The molecule has 0 amide bonds. The first-order valence-electron chi connectivity index (χ1n) is 5.15. The molecule has 1 heterocycles. The third-order valence-electron chi connectivity index (χ3n) is 2.55. The van der Waals surface area contributed by atoms with Gasteiger partial charge in [-0.1, -0.05) is 18.2 Å². The number of aryl methyl sites for hydroxylation is 1. The summed E-state index contributed by atoms with van der Waals surface area (Å²) in [6.07, 6.45) is 3.66. The number of hydrogen-bond donors (Lipinski definition) is 2. The van der Waals surface area contributed by atoms with E-state index in [0.717, 1.165) is 35.0 Å². The van der Waals surface area contributed by atoms with Gasteiger partial charge in [0.25, 0.3) is 0 Å². The number of benzene rings is 1. The molecular weight excluding hydrogens is 186 g/mol. The Morgan fingerprint density at radius 3 is 2.87 bits per heavy atom. The molecule has 3 heteroatoms. The molecule has 1 aromatic carbocycles. The van der Waals surface area contributed by atoms with Crippen LogP contribution in [0.4, 0.5) is 5.69 Å². The van der Waals surface area contributed by atoms with Crippen LogP contribution in [0.5, 0.6) is 0 Å². The lowest BCUT2D eigenvalue weighted by molar-refractivity contribution is 0.835. The third-order valence-corrected chi connectivity index (χ3v) is 2.55. The number of anilines is 1. The molecule has 0 aliphatic heterocycles. The van der Waals surface area contributed by atoms with Gasteiger partial charge >= 0.3 is 0 Å². The van der Waals surface area contributed by atoms with Gasteiger partial charge in [0.1, 0.15) is 0 Å². The second kappa shape index (κ2) is 4.28. The van der Waals surface area contributed by atoms with E-state index in [1.165, 1.54) is 0 Å². The molecule has 2 rings (SSSR count). The van der Waals surface area contributed by atoms with Crippen molar-refractivity contribution in [1.82, 2.24) is 4.98 Å². The molecule has 78 valence electrons. The van der Waals surface area contributed by atoms with Crippen LogP contribution in [0.25, 0.3) is 10.9 Å². The summed E-state index contributed by atoms with van der Waals surface area (Å²) in [7, 11) is 0. The van der Waals surface area contributed by atoms with Crippen LogP contribution in [-0.2, 0) is 6.42 Å². The molecule has 0 unspecified atom stereocenters. The number of hydrogen-bond acceptors (Lipinski definition) is 3. The Morgan fingerprint density at radius 2 is 2.07 bits per heavy atom. The molecule has 0 saturated carbocycles. The fraction of sp³-hybridized carbons (Fsp3) is 0.250. The van der Waals surface area contributed by atoms with Gasteiger partial charge in [-0.05, 0) is 31.0 Å². The molecule has 0 aliphatic carbocycles. The normalized spacial score (nSPS) is 10.7. The SMILES string of the molecule is NCCCc1ccc2cccnc2c1N. The van der Waals surface area contributed by atoms with E-state index < -0.39 is 0 Å². The molecule has 0 saturated heterocycles. The Hall–Kier alpha value is -1.61. The fourth-order valence-corrected chi connectivity index (χ4v) is 1.72. The molecule has 15 heavy (non-hydrogen) atoms. The van der Waals surface area contributed by atoms with E-state index in [9.17, 15) is 0 Å². The molecule has 2 aromatic rings. The Morgan fingerprint density at radius 1 is 1.20 bits per heavy atom. The van der Waals surface area contributed by atoms with E-state index in [-0.39, 0.29) is 0 Å². The van der Waals surface area contributed by atoms with Crippen LogP contribution in [0.2, 0.25) is 0 Å². The van der Waals surface area contributed by atoms with E-state index in [1.54, 1.807) is 6.20 Å². The van der Waals surface area contributed by atoms with E-state index in [0.29, 0.717) is 6.54 Å². The lowest BCUT2D eigenvalue weighted by atomic mass is 10.0. The fourth-order valence-electron chi connectivity index (χ4n) is 1.72. The highest BCUT2D eigenvalue weighted by atomic mass is 14.7. The summed E-state index contributed by atoms with van der Waals surface area (Å²) in [5.41, 5.74) is 14.4. The van der Waals surface area contributed by atoms with Gasteiger partial charge in [0.15, 0.2) is 0 Å². The van der Waals surface area contributed by atoms with Crippen molar-refractivity contribution < 1.29 is 0 Å². The highest BCUT2D eigenvalue weighted by molar-refractivity contribution is 5.90. The Bertz CT molecular complexity index is 465. The highest BCUT2D eigenvalue weighted by Gasteiger charge is 2.04. The summed E-state index contributed by atoms with van der Waals surface area (Å²) in [4.78, 5) is 4.29. The monoisotopic (exact) mass is 201 g/mol. The number of pyridine rings is 1. The maximum absolute atomic E-state index is 6.06. The van der Waals surface area contributed by atoms with E-state index in [2.05, 4.69) is 17.1 Å². The molecule has 0 bridgehead atoms. The molecule has 4 N–H and O–H groups in total. The topological polar surface area (TPSA) is 64.9 Å². The van der Waals surface area contributed by atoms with Gasteiger partial charge in [-0.15, -0.1) is 0 Å². The maximum atomic E-state index is 6.06. The molecule has 0 spiro atoms. The van der Waals surface area contributed by atoms with Crippen LogP contribution < -0.4 is 11.5 Å². The minimum Gasteiger partial charge on any atom is -0.397 e. The quantitative estimate of drug-likeness (QED) is 0.743.